The molecule has 1 aromatic carbocycles. The van der Waals surface area contributed by atoms with Crippen LogP contribution in [0.1, 0.15) is 12.0 Å². The molecule has 1 rings (SSSR count). The van der Waals surface area contributed by atoms with Gasteiger partial charge in [-0.3, -0.25) is 9.79 Å². The number of hydrogen-bond acceptors (Lipinski definition) is 3. The molecular formula is C15H16INO2. The standard InChI is InChI=1S/C15H16INO2/c1-19-15(18)10-14(11-16)8-5-9-17-12-13-6-3-2-4-7-13/h2-9,11H,10,12H2,1H3/b8-5-,14-11+,17-9+. The second-order valence-corrected chi connectivity index (χ2v) is 4.39. The molecule has 0 saturated heterocycles. The average Bonchev–Trinajstić information content (AvgIpc) is 2.46. The lowest BCUT2D eigenvalue weighted by molar-refractivity contribution is -0.139. The number of methoxy groups -OCH3 is 1. The molecule has 0 unspecified atom stereocenters. The van der Waals surface area contributed by atoms with Crippen molar-refractivity contribution < 1.29 is 9.53 Å². The van der Waals surface area contributed by atoms with Crippen LogP contribution in [0, 0.1) is 0 Å². The number of ether oxygens (including phenoxy) is 1. The van der Waals surface area contributed by atoms with E-state index in [0.717, 1.165) is 5.57 Å². The van der Waals surface area contributed by atoms with Gasteiger partial charge in [0.25, 0.3) is 0 Å². The molecule has 0 N–H and O–H groups in total. The monoisotopic (exact) mass is 369 g/mol. The van der Waals surface area contributed by atoms with Crippen LogP contribution in [0.3, 0.4) is 0 Å². The van der Waals surface area contributed by atoms with Gasteiger partial charge < -0.3 is 4.74 Å². The molecule has 19 heavy (non-hydrogen) atoms. The van der Waals surface area contributed by atoms with Gasteiger partial charge in [-0.1, -0.05) is 59.0 Å². The summed E-state index contributed by atoms with van der Waals surface area (Å²) in [6.07, 6.45) is 5.71. The van der Waals surface area contributed by atoms with Crippen LogP contribution in [0.5, 0.6) is 0 Å². The molecule has 0 aliphatic rings. The van der Waals surface area contributed by atoms with Gasteiger partial charge >= 0.3 is 5.97 Å². The third kappa shape index (κ3) is 6.91. The highest BCUT2D eigenvalue weighted by Crippen LogP contribution is 2.07. The number of nitrogens with zero attached hydrogens (tertiary/aromatic N) is 1. The van der Waals surface area contributed by atoms with Gasteiger partial charge in [-0.15, -0.1) is 0 Å². The van der Waals surface area contributed by atoms with Gasteiger partial charge in [0.05, 0.1) is 20.1 Å². The van der Waals surface area contributed by atoms with Crippen molar-refractivity contribution in [2.24, 2.45) is 4.99 Å². The Hall–Kier alpha value is -1.43. The highest BCUT2D eigenvalue weighted by Gasteiger charge is 2.01. The Bertz CT molecular complexity index is 478. The normalized spacial score (nSPS) is 12.2. The lowest BCUT2D eigenvalue weighted by Gasteiger charge is -1.98. The fourth-order valence-corrected chi connectivity index (χ4v) is 1.77. The maximum Gasteiger partial charge on any atom is 0.309 e. The summed E-state index contributed by atoms with van der Waals surface area (Å²) in [4.78, 5) is 15.4. The zero-order chi connectivity index (χ0) is 13.9. The molecule has 0 radical (unpaired) electrons. The molecule has 0 amide bonds. The van der Waals surface area contributed by atoms with Gasteiger partial charge in [-0.25, -0.2) is 0 Å². The van der Waals surface area contributed by atoms with E-state index in [9.17, 15) is 4.79 Å². The number of aliphatic imine (C=N–C) groups is 1. The fraction of sp³-hybridized carbons (Fsp3) is 0.200. The van der Waals surface area contributed by atoms with Crippen LogP contribution >= 0.6 is 22.6 Å². The van der Waals surface area contributed by atoms with E-state index in [1.807, 2.05) is 46.6 Å². The zero-order valence-corrected chi connectivity index (χ0v) is 12.9. The van der Waals surface area contributed by atoms with E-state index in [2.05, 4.69) is 32.3 Å². The molecule has 0 saturated carbocycles. The van der Waals surface area contributed by atoms with Gasteiger partial charge in [-0.2, -0.15) is 0 Å². The van der Waals surface area contributed by atoms with Gasteiger partial charge in [0.1, 0.15) is 0 Å². The van der Waals surface area contributed by atoms with Crippen molar-refractivity contribution >= 4 is 34.8 Å². The number of carbonyl (C=O) groups is 1. The molecule has 3 nitrogen and oxygen atoms in total. The van der Waals surface area contributed by atoms with Crippen LogP contribution in [-0.4, -0.2) is 19.3 Å². The first-order valence-electron chi connectivity index (χ1n) is 5.82. The summed E-state index contributed by atoms with van der Waals surface area (Å²) in [6.45, 7) is 0.658. The quantitative estimate of drug-likeness (QED) is 0.332. The molecule has 0 aromatic heterocycles. The van der Waals surface area contributed by atoms with Crippen LogP contribution in [-0.2, 0) is 16.1 Å². The van der Waals surface area contributed by atoms with Gasteiger partial charge in [0, 0.05) is 6.21 Å². The van der Waals surface area contributed by atoms with Crippen LogP contribution in [0.4, 0.5) is 0 Å². The largest absolute Gasteiger partial charge is 0.469 e. The van der Waals surface area contributed by atoms with E-state index in [1.165, 1.54) is 12.7 Å². The molecule has 0 heterocycles. The summed E-state index contributed by atoms with van der Waals surface area (Å²) in [5, 5.41) is 0. The van der Waals surface area contributed by atoms with Crippen molar-refractivity contribution in [3.8, 4) is 0 Å². The predicted octanol–water partition coefficient (Wildman–Crippen LogP) is 3.70. The van der Waals surface area contributed by atoms with Crippen LogP contribution in [0.15, 0.2) is 57.1 Å². The minimum atomic E-state index is -0.242. The molecule has 4 heteroatoms. The highest BCUT2D eigenvalue weighted by molar-refractivity contribution is 14.1. The smallest absolute Gasteiger partial charge is 0.309 e. The Morgan fingerprint density at radius 2 is 2.11 bits per heavy atom. The Labute approximate surface area is 127 Å². The molecular weight excluding hydrogens is 353 g/mol. The molecule has 0 atom stereocenters. The Morgan fingerprint density at radius 3 is 2.74 bits per heavy atom. The first-order chi connectivity index (χ1) is 9.26. The van der Waals surface area contributed by atoms with Crippen molar-refractivity contribution in [2.75, 3.05) is 7.11 Å². The average molecular weight is 369 g/mol. The summed E-state index contributed by atoms with van der Waals surface area (Å²) in [5.74, 6) is -0.242. The predicted molar refractivity (Wildman–Crippen MR) is 86.5 cm³/mol. The van der Waals surface area contributed by atoms with Gasteiger partial charge in [0.2, 0.25) is 0 Å². The SMILES string of the molecule is COC(=O)CC(/C=C\C=N\Cc1ccccc1)=C/I. The second-order valence-electron chi connectivity index (χ2n) is 3.77. The van der Waals surface area contributed by atoms with E-state index >= 15 is 0 Å². The Kier molecular flexibility index (Phi) is 7.81. The number of hydrogen-bond donors (Lipinski definition) is 0. The zero-order valence-electron chi connectivity index (χ0n) is 10.8. The molecule has 0 aliphatic heterocycles. The lowest BCUT2D eigenvalue weighted by atomic mass is 10.2. The van der Waals surface area contributed by atoms with E-state index in [4.69, 9.17) is 0 Å². The maximum atomic E-state index is 11.1. The summed E-state index contributed by atoms with van der Waals surface area (Å²) in [6, 6.07) is 10.0. The van der Waals surface area contributed by atoms with Gasteiger partial charge in [-0.05, 0) is 21.3 Å². The summed E-state index contributed by atoms with van der Waals surface area (Å²) in [7, 11) is 1.39. The number of esters is 1. The van der Waals surface area contributed by atoms with E-state index in [0.29, 0.717) is 6.54 Å². The van der Waals surface area contributed by atoms with Gasteiger partial charge in [0.15, 0.2) is 0 Å². The lowest BCUT2D eigenvalue weighted by Crippen LogP contribution is -2.00. The minimum Gasteiger partial charge on any atom is -0.469 e. The topological polar surface area (TPSA) is 38.7 Å². The van der Waals surface area contributed by atoms with Crippen LogP contribution < -0.4 is 0 Å². The van der Waals surface area contributed by atoms with Crippen molar-refractivity contribution in [3.05, 3.63) is 57.7 Å². The van der Waals surface area contributed by atoms with E-state index in [1.54, 1.807) is 6.21 Å². The van der Waals surface area contributed by atoms with Crippen molar-refractivity contribution in [3.63, 3.8) is 0 Å². The Morgan fingerprint density at radius 1 is 1.37 bits per heavy atom. The Balaban J connectivity index is 2.42. The van der Waals surface area contributed by atoms with Crippen LogP contribution in [0.2, 0.25) is 0 Å². The van der Waals surface area contributed by atoms with E-state index in [-0.39, 0.29) is 12.4 Å². The first-order valence-corrected chi connectivity index (χ1v) is 7.07. The fourth-order valence-electron chi connectivity index (χ4n) is 1.34. The molecule has 100 valence electrons. The molecule has 1 aromatic rings. The second kappa shape index (κ2) is 9.49. The summed E-state index contributed by atoms with van der Waals surface area (Å²) >= 11 is 2.10. The molecule has 0 fully saturated rings. The molecule has 0 bridgehead atoms. The maximum absolute atomic E-state index is 11.1. The van der Waals surface area contributed by atoms with Crippen molar-refractivity contribution in [1.29, 1.82) is 0 Å². The van der Waals surface area contributed by atoms with Crippen molar-refractivity contribution in [1.82, 2.24) is 0 Å². The third-order valence-electron chi connectivity index (χ3n) is 2.33. The first kappa shape index (κ1) is 15.6. The number of benzene rings is 1. The summed E-state index contributed by atoms with van der Waals surface area (Å²) < 4.78 is 6.47. The van der Waals surface area contributed by atoms with E-state index < -0.39 is 0 Å². The number of rotatable bonds is 6. The van der Waals surface area contributed by atoms with Crippen LogP contribution in [0.25, 0.3) is 0 Å². The third-order valence-corrected chi connectivity index (χ3v) is 3.13. The number of halogens is 1. The highest BCUT2D eigenvalue weighted by atomic mass is 127. The molecule has 0 aliphatic carbocycles. The number of allylic oxidation sites excluding steroid dienone is 2. The summed E-state index contributed by atoms with van der Waals surface area (Å²) in [5.41, 5.74) is 2.07. The van der Waals surface area contributed by atoms with Crippen molar-refractivity contribution in [2.45, 2.75) is 13.0 Å². The number of carbonyl (C=O) groups excluding carboxylic acids is 1. The minimum absolute atomic E-state index is 0.242. The molecule has 0 spiro atoms.